The summed E-state index contributed by atoms with van der Waals surface area (Å²) in [7, 11) is 0. The van der Waals surface area contributed by atoms with Crippen LogP contribution >= 0.6 is 11.6 Å². The summed E-state index contributed by atoms with van der Waals surface area (Å²) in [5.74, 6) is 0.257. The van der Waals surface area contributed by atoms with Crippen LogP contribution < -0.4 is 5.32 Å². The Bertz CT molecular complexity index is 658. The molecule has 0 radical (unpaired) electrons. The first-order chi connectivity index (χ1) is 14.0. The molecule has 2 heterocycles. The van der Waals surface area contributed by atoms with E-state index in [2.05, 4.69) is 42.0 Å². The van der Waals surface area contributed by atoms with E-state index in [0.717, 1.165) is 49.7 Å². The molecule has 0 aromatic heterocycles. The van der Waals surface area contributed by atoms with Gasteiger partial charge in [0.05, 0.1) is 6.04 Å². The summed E-state index contributed by atoms with van der Waals surface area (Å²) in [6, 6.07) is 8.84. The predicted octanol–water partition coefficient (Wildman–Crippen LogP) is 3.23. The Labute approximate surface area is 181 Å². The van der Waals surface area contributed by atoms with Crippen molar-refractivity contribution in [1.82, 2.24) is 20.0 Å². The van der Waals surface area contributed by atoms with Gasteiger partial charge in [-0.25, -0.2) is 0 Å². The number of carbonyl (C=O) groups excluding carboxylic acids is 1. The molecule has 1 amide bonds. The lowest BCUT2D eigenvalue weighted by Crippen LogP contribution is -2.46. The molecule has 2 atom stereocenters. The molecule has 0 unspecified atom stereocenters. The number of benzene rings is 1. The van der Waals surface area contributed by atoms with Gasteiger partial charge in [0, 0.05) is 43.3 Å². The zero-order valence-electron chi connectivity index (χ0n) is 18.2. The first-order valence-corrected chi connectivity index (χ1v) is 11.7. The van der Waals surface area contributed by atoms with Gasteiger partial charge < -0.3 is 15.1 Å². The number of nitrogens with one attached hydrogen (secondary N) is 1. The molecule has 5 nitrogen and oxygen atoms in total. The molecule has 2 aliphatic rings. The number of halogens is 1. The lowest BCUT2D eigenvalue weighted by atomic mass is 10.0. The maximum Gasteiger partial charge on any atom is 0.239 e. The molecule has 0 bridgehead atoms. The number of rotatable bonds is 8. The number of carbonyl (C=O) groups is 1. The van der Waals surface area contributed by atoms with Crippen LogP contribution in [0, 0.1) is 0 Å². The van der Waals surface area contributed by atoms with Crippen molar-refractivity contribution in [2.45, 2.75) is 64.7 Å². The Kier molecular flexibility index (Phi) is 8.36. The van der Waals surface area contributed by atoms with Crippen molar-refractivity contribution in [2.24, 2.45) is 0 Å². The van der Waals surface area contributed by atoms with Crippen LogP contribution in [-0.4, -0.2) is 78.0 Å². The van der Waals surface area contributed by atoms with Gasteiger partial charge in [0.25, 0.3) is 0 Å². The molecule has 2 fully saturated rings. The van der Waals surface area contributed by atoms with Crippen molar-refractivity contribution in [3.63, 3.8) is 0 Å². The van der Waals surface area contributed by atoms with E-state index in [1.807, 2.05) is 23.1 Å². The third-order valence-corrected chi connectivity index (χ3v) is 6.97. The zero-order valence-corrected chi connectivity index (χ0v) is 19.0. The van der Waals surface area contributed by atoms with Crippen LogP contribution in [0.4, 0.5) is 0 Å². The molecule has 29 heavy (non-hydrogen) atoms. The van der Waals surface area contributed by atoms with Crippen molar-refractivity contribution >= 4 is 17.5 Å². The van der Waals surface area contributed by atoms with E-state index in [1.165, 1.54) is 25.9 Å². The second-order valence-corrected chi connectivity index (χ2v) is 8.76. The first-order valence-electron chi connectivity index (χ1n) is 11.3. The van der Waals surface area contributed by atoms with Gasteiger partial charge in [-0.05, 0) is 64.4 Å². The average molecular weight is 421 g/mol. The van der Waals surface area contributed by atoms with Gasteiger partial charge in [0.2, 0.25) is 5.91 Å². The highest BCUT2D eigenvalue weighted by Crippen LogP contribution is 2.26. The van der Waals surface area contributed by atoms with Gasteiger partial charge in [-0.15, -0.1) is 0 Å². The molecule has 1 aromatic carbocycles. The average Bonchev–Trinajstić information content (AvgIpc) is 3.13. The second-order valence-electron chi connectivity index (χ2n) is 8.36. The van der Waals surface area contributed by atoms with Gasteiger partial charge in [0.15, 0.2) is 0 Å². The van der Waals surface area contributed by atoms with Crippen LogP contribution in [-0.2, 0) is 11.3 Å². The summed E-state index contributed by atoms with van der Waals surface area (Å²) in [4.78, 5) is 20.0. The van der Waals surface area contributed by atoms with E-state index in [-0.39, 0.29) is 11.9 Å². The van der Waals surface area contributed by atoms with E-state index in [1.54, 1.807) is 0 Å². The SMILES string of the molecule is CCN1CCC(N[C@H]2C[C@@H](C(=O)N(CC)CC)N(Cc3ccccc3Cl)C2)CC1. The van der Waals surface area contributed by atoms with Crippen molar-refractivity contribution in [2.75, 3.05) is 39.3 Å². The van der Waals surface area contributed by atoms with Gasteiger partial charge in [-0.2, -0.15) is 0 Å². The standard InChI is InChI=1S/C23H37ClN4O/c1-4-26-13-11-19(12-14-26)25-20-15-22(23(29)27(5-2)6-3)28(17-20)16-18-9-7-8-10-21(18)24/h7-10,19-20,22,25H,4-6,11-17H2,1-3H3/t20-,22-/m0/s1. The lowest BCUT2D eigenvalue weighted by Gasteiger charge is -2.33. The van der Waals surface area contributed by atoms with Crippen molar-refractivity contribution in [3.8, 4) is 0 Å². The minimum Gasteiger partial charge on any atom is -0.342 e. The second kappa shape index (κ2) is 10.8. The van der Waals surface area contributed by atoms with E-state index in [0.29, 0.717) is 12.1 Å². The molecule has 1 aromatic rings. The number of hydrogen-bond acceptors (Lipinski definition) is 4. The molecule has 0 spiro atoms. The highest BCUT2D eigenvalue weighted by atomic mass is 35.5. The maximum atomic E-state index is 13.2. The molecule has 162 valence electrons. The molecule has 0 saturated carbocycles. The molecular formula is C23H37ClN4O. The largest absolute Gasteiger partial charge is 0.342 e. The van der Waals surface area contributed by atoms with Crippen LogP contribution in [0.5, 0.6) is 0 Å². The number of likely N-dealkylation sites (tertiary alicyclic amines) is 2. The summed E-state index contributed by atoms with van der Waals surface area (Å²) in [6.07, 6.45) is 3.28. The first kappa shape index (κ1) is 22.5. The fourth-order valence-electron chi connectivity index (χ4n) is 4.80. The fourth-order valence-corrected chi connectivity index (χ4v) is 4.99. The summed E-state index contributed by atoms with van der Waals surface area (Å²) in [5, 5.41) is 4.66. The maximum absolute atomic E-state index is 13.2. The number of amides is 1. The number of hydrogen-bond donors (Lipinski definition) is 1. The van der Waals surface area contributed by atoms with Crippen molar-refractivity contribution in [3.05, 3.63) is 34.9 Å². The van der Waals surface area contributed by atoms with Crippen LogP contribution in [0.2, 0.25) is 5.02 Å². The van der Waals surface area contributed by atoms with Crippen LogP contribution in [0.1, 0.15) is 45.6 Å². The van der Waals surface area contributed by atoms with E-state index >= 15 is 0 Å². The monoisotopic (exact) mass is 420 g/mol. The van der Waals surface area contributed by atoms with Gasteiger partial charge in [-0.1, -0.05) is 36.7 Å². The smallest absolute Gasteiger partial charge is 0.239 e. The molecular weight excluding hydrogens is 384 g/mol. The van der Waals surface area contributed by atoms with Crippen LogP contribution in [0.15, 0.2) is 24.3 Å². The minimum absolute atomic E-state index is 0.0700. The molecule has 6 heteroatoms. The lowest BCUT2D eigenvalue weighted by molar-refractivity contribution is -0.135. The Morgan fingerprint density at radius 2 is 1.83 bits per heavy atom. The van der Waals surface area contributed by atoms with Crippen molar-refractivity contribution < 1.29 is 4.79 Å². The topological polar surface area (TPSA) is 38.8 Å². The molecule has 2 saturated heterocycles. The quantitative estimate of drug-likeness (QED) is 0.700. The highest BCUT2D eigenvalue weighted by Gasteiger charge is 2.39. The van der Waals surface area contributed by atoms with E-state index in [9.17, 15) is 4.79 Å². The fraction of sp³-hybridized carbons (Fsp3) is 0.696. The minimum atomic E-state index is -0.0700. The summed E-state index contributed by atoms with van der Waals surface area (Å²) in [6.45, 7) is 13.0. The molecule has 3 rings (SSSR count). The Hall–Kier alpha value is -1.14. The zero-order chi connectivity index (χ0) is 20.8. The van der Waals surface area contributed by atoms with Gasteiger partial charge in [-0.3, -0.25) is 9.69 Å². The number of likely N-dealkylation sites (N-methyl/N-ethyl adjacent to an activating group) is 1. The third-order valence-electron chi connectivity index (χ3n) is 6.60. The molecule has 2 aliphatic heterocycles. The van der Waals surface area contributed by atoms with Crippen LogP contribution in [0.25, 0.3) is 0 Å². The normalized spacial score (nSPS) is 24.1. The van der Waals surface area contributed by atoms with E-state index < -0.39 is 0 Å². The predicted molar refractivity (Wildman–Crippen MR) is 120 cm³/mol. The van der Waals surface area contributed by atoms with Gasteiger partial charge >= 0.3 is 0 Å². The summed E-state index contributed by atoms with van der Waals surface area (Å²) < 4.78 is 0. The number of nitrogens with zero attached hydrogens (tertiary/aromatic N) is 3. The molecule has 1 N–H and O–H groups in total. The summed E-state index contributed by atoms with van der Waals surface area (Å²) in [5.41, 5.74) is 1.10. The molecule has 0 aliphatic carbocycles. The third kappa shape index (κ3) is 5.72. The Morgan fingerprint density at radius 1 is 1.14 bits per heavy atom. The summed E-state index contributed by atoms with van der Waals surface area (Å²) >= 11 is 6.42. The van der Waals surface area contributed by atoms with Crippen LogP contribution in [0.3, 0.4) is 0 Å². The van der Waals surface area contributed by atoms with Crippen molar-refractivity contribution in [1.29, 1.82) is 0 Å². The van der Waals surface area contributed by atoms with E-state index in [4.69, 9.17) is 11.6 Å². The highest BCUT2D eigenvalue weighted by molar-refractivity contribution is 6.31. The Morgan fingerprint density at radius 3 is 2.45 bits per heavy atom. The Balaban J connectivity index is 1.68. The number of piperidine rings is 1. The van der Waals surface area contributed by atoms with Gasteiger partial charge in [0.1, 0.15) is 0 Å².